The molecule has 2 nitrogen and oxygen atoms in total. The third kappa shape index (κ3) is 4.55. The Balaban J connectivity index is 1.49. The molecule has 3 rings (SSSR count). The summed E-state index contributed by atoms with van der Waals surface area (Å²) >= 11 is 0. The summed E-state index contributed by atoms with van der Waals surface area (Å²) < 4.78 is 0. The molecule has 2 aliphatic rings. The van der Waals surface area contributed by atoms with Crippen LogP contribution in [0.2, 0.25) is 0 Å². The van der Waals surface area contributed by atoms with Gasteiger partial charge in [0.15, 0.2) is 0 Å². The van der Waals surface area contributed by atoms with Crippen LogP contribution in [0.1, 0.15) is 56.6 Å². The first-order chi connectivity index (χ1) is 10.2. The summed E-state index contributed by atoms with van der Waals surface area (Å²) in [6.45, 7) is 9.30. The second-order valence-electron chi connectivity index (χ2n) is 7.32. The fraction of sp³-hybridized carbons (Fsp3) is 0.684. The predicted octanol–water partition coefficient (Wildman–Crippen LogP) is 3.77. The van der Waals surface area contributed by atoms with Crippen molar-refractivity contribution in [2.75, 3.05) is 19.6 Å². The van der Waals surface area contributed by atoms with E-state index in [9.17, 15) is 0 Å². The average molecular weight is 286 g/mol. The average Bonchev–Trinajstić information content (AvgIpc) is 3.31. The lowest BCUT2D eigenvalue weighted by Crippen LogP contribution is -2.40. The van der Waals surface area contributed by atoms with E-state index >= 15 is 0 Å². The lowest BCUT2D eigenvalue weighted by atomic mass is 9.97. The molecule has 0 spiro atoms. The number of hydrogen-bond donors (Lipinski definition) is 1. The molecular formula is C19H30N2. The maximum atomic E-state index is 3.60. The van der Waals surface area contributed by atoms with E-state index in [0.29, 0.717) is 6.04 Å². The highest BCUT2D eigenvalue weighted by molar-refractivity contribution is 5.28. The van der Waals surface area contributed by atoms with Crippen molar-refractivity contribution in [3.63, 3.8) is 0 Å². The zero-order chi connectivity index (χ0) is 14.7. The van der Waals surface area contributed by atoms with Gasteiger partial charge in [-0.05, 0) is 61.7 Å². The van der Waals surface area contributed by atoms with Crippen LogP contribution < -0.4 is 5.32 Å². The van der Waals surface area contributed by atoms with Gasteiger partial charge in [0.05, 0.1) is 0 Å². The highest BCUT2D eigenvalue weighted by Crippen LogP contribution is 2.39. The van der Waals surface area contributed by atoms with E-state index in [1.165, 1.54) is 50.9 Å². The van der Waals surface area contributed by atoms with E-state index in [4.69, 9.17) is 0 Å². The Morgan fingerprint density at radius 3 is 2.57 bits per heavy atom. The fourth-order valence-corrected chi connectivity index (χ4v) is 3.43. The molecule has 1 aliphatic heterocycles. The molecule has 1 atom stereocenters. The number of likely N-dealkylation sites (tertiary alicyclic amines) is 1. The van der Waals surface area contributed by atoms with E-state index < -0.39 is 0 Å². The summed E-state index contributed by atoms with van der Waals surface area (Å²) in [6, 6.07) is 10.0. The molecule has 1 saturated heterocycles. The van der Waals surface area contributed by atoms with Crippen LogP contribution in [0.3, 0.4) is 0 Å². The van der Waals surface area contributed by atoms with Gasteiger partial charge in [0.1, 0.15) is 0 Å². The van der Waals surface area contributed by atoms with Crippen molar-refractivity contribution >= 4 is 0 Å². The largest absolute Gasteiger partial charge is 0.314 e. The highest BCUT2D eigenvalue weighted by atomic mass is 15.1. The van der Waals surface area contributed by atoms with Gasteiger partial charge >= 0.3 is 0 Å². The first-order valence-electron chi connectivity index (χ1n) is 8.75. The van der Waals surface area contributed by atoms with Crippen LogP contribution in [0.15, 0.2) is 24.3 Å². The van der Waals surface area contributed by atoms with Gasteiger partial charge in [0.2, 0.25) is 0 Å². The second kappa shape index (κ2) is 6.93. The number of piperidine rings is 1. The normalized spacial score (nSPS) is 23.7. The summed E-state index contributed by atoms with van der Waals surface area (Å²) in [5.41, 5.74) is 3.04. The van der Waals surface area contributed by atoms with E-state index in [1.54, 1.807) is 5.56 Å². The lowest BCUT2D eigenvalue weighted by Gasteiger charge is -2.33. The zero-order valence-corrected chi connectivity index (χ0v) is 13.6. The van der Waals surface area contributed by atoms with Crippen LogP contribution in [0.4, 0.5) is 0 Å². The van der Waals surface area contributed by atoms with Crippen molar-refractivity contribution in [3.05, 3.63) is 35.4 Å². The van der Waals surface area contributed by atoms with Gasteiger partial charge in [0, 0.05) is 19.1 Å². The fourth-order valence-electron chi connectivity index (χ4n) is 3.43. The van der Waals surface area contributed by atoms with E-state index in [2.05, 4.69) is 48.3 Å². The molecular weight excluding hydrogens is 256 g/mol. The third-order valence-corrected chi connectivity index (χ3v) is 4.85. The Hall–Kier alpha value is -0.860. The molecule has 1 unspecified atom stereocenters. The number of rotatable bonds is 6. The Labute approximate surface area is 129 Å². The second-order valence-corrected chi connectivity index (χ2v) is 7.32. The van der Waals surface area contributed by atoms with Crippen LogP contribution in [0.5, 0.6) is 0 Å². The molecule has 0 bridgehead atoms. The molecule has 1 heterocycles. The minimum Gasteiger partial charge on any atom is -0.314 e. The van der Waals surface area contributed by atoms with Crippen LogP contribution in [0, 0.1) is 5.92 Å². The van der Waals surface area contributed by atoms with Gasteiger partial charge in [0.25, 0.3) is 0 Å². The molecule has 1 aromatic rings. The van der Waals surface area contributed by atoms with Gasteiger partial charge in [-0.15, -0.1) is 0 Å². The number of benzene rings is 1. The van der Waals surface area contributed by atoms with Gasteiger partial charge in [-0.3, -0.25) is 4.90 Å². The molecule has 1 aliphatic carbocycles. The Morgan fingerprint density at radius 2 is 1.90 bits per heavy atom. The Kier molecular flexibility index (Phi) is 4.97. The monoisotopic (exact) mass is 286 g/mol. The summed E-state index contributed by atoms with van der Waals surface area (Å²) in [7, 11) is 0. The minimum atomic E-state index is 0.607. The predicted molar refractivity (Wildman–Crippen MR) is 89.6 cm³/mol. The van der Waals surface area contributed by atoms with Crippen LogP contribution in [0.25, 0.3) is 0 Å². The van der Waals surface area contributed by atoms with Gasteiger partial charge in [-0.25, -0.2) is 0 Å². The Morgan fingerprint density at radius 1 is 1.14 bits per heavy atom. The van der Waals surface area contributed by atoms with Crippen LogP contribution >= 0.6 is 0 Å². The summed E-state index contributed by atoms with van der Waals surface area (Å²) in [5.74, 6) is 1.70. The first-order valence-corrected chi connectivity index (χ1v) is 8.75. The topological polar surface area (TPSA) is 15.3 Å². The van der Waals surface area contributed by atoms with E-state index in [-0.39, 0.29) is 0 Å². The van der Waals surface area contributed by atoms with E-state index in [0.717, 1.165) is 18.4 Å². The van der Waals surface area contributed by atoms with Crippen LogP contribution in [-0.4, -0.2) is 30.6 Å². The molecule has 0 aromatic heterocycles. The van der Waals surface area contributed by atoms with Crippen molar-refractivity contribution in [2.24, 2.45) is 5.92 Å². The van der Waals surface area contributed by atoms with E-state index in [1.807, 2.05) is 0 Å². The molecule has 0 radical (unpaired) electrons. The summed E-state index contributed by atoms with van der Waals surface area (Å²) in [5, 5.41) is 3.60. The standard InChI is InChI=1S/C19H30N2/c1-15(2)20-12-17-4-3-11-21(14-17)13-16-5-7-18(8-6-16)19-9-10-19/h5-8,15,17,19-20H,3-4,9-14H2,1-2H3. The van der Waals surface area contributed by atoms with Crippen molar-refractivity contribution in [3.8, 4) is 0 Å². The van der Waals surface area contributed by atoms with Crippen molar-refractivity contribution in [2.45, 2.75) is 58.0 Å². The lowest BCUT2D eigenvalue weighted by molar-refractivity contribution is 0.164. The quantitative estimate of drug-likeness (QED) is 0.856. The van der Waals surface area contributed by atoms with Crippen molar-refractivity contribution in [1.29, 1.82) is 0 Å². The smallest absolute Gasteiger partial charge is 0.0233 e. The maximum Gasteiger partial charge on any atom is 0.0233 e. The molecule has 1 N–H and O–H groups in total. The molecule has 2 fully saturated rings. The molecule has 0 amide bonds. The number of nitrogens with one attached hydrogen (secondary N) is 1. The van der Waals surface area contributed by atoms with Crippen molar-refractivity contribution < 1.29 is 0 Å². The molecule has 2 heteroatoms. The maximum absolute atomic E-state index is 3.60. The van der Waals surface area contributed by atoms with Crippen molar-refractivity contribution in [1.82, 2.24) is 10.2 Å². The molecule has 1 aromatic carbocycles. The highest BCUT2D eigenvalue weighted by Gasteiger charge is 2.23. The SMILES string of the molecule is CC(C)NCC1CCCN(Cc2ccc(C3CC3)cc2)C1. The number of nitrogens with zero attached hydrogens (tertiary/aromatic N) is 1. The molecule has 1 saturated carbocycles. The third-order valence-electron chi connectivity index (χ3n) is 4.85. The minimum absolute atomic E-state index is 0.607. The number of hydrogen-bond acceptors (Lipinski definition) is 2. The molecule has 21 heavy (non-hydrogen) atoms. The molecule has 116 valence electrons. The summed E-state index contributed by atoms with van der Waals surface area (Å²) in [4.78, 5) is 2.64. The van der Waals surface area contributed by atoms with Gasteiger partial charge in [-0.1, -0.05) is 38.1 Å². The zero-order valence-electron chi connectivity index (χ0n) is 13.6. The summed E-state index contributed by atoms with van der Waals surface area (Å²) in [6.07, 6.45) is 5.54. The first kappa shape index (κ1) is 15.1. The van der Waals surface area contributed by atoms with Crippen LogP contribution in [-0.2, 0) is 6.54 Å². The van der Waals surface area contributed by atoms with Gasteiger partial charge in [-0.2, -0.15) is 0 Å². The van der Waals surface area contributed by atoms with Gasteiger partial charge < -0.3 is 5.32 Å². The Bertz CT molecular complexity index is 433.